The number of nitrogens with one attached hydrogen (secondary N) is 2. The third kappa shape index (κ3) is 4.00. The van der Waals surface area contributed by atoms with Gasteiger partial charge in [-0.3, -0.25) is 9.59 Å². The molecular weight excluding hydrogens is 322 g/mol. The highest BCUT2D eigenvalue weighted by atomic mass is 35.5. The molecule has 2 N–H and O–H groups in total. The molecule has 1 fully saturated rings. The van der Waals surface area contributed by atoms with Crippen molar-refractivity contribution < 1.29 is 9.59 Å². The Kier molecular flexibility index (Phi) is 6.23. The highest BCUT2D eigenvalue weighted by molar-refractivity contribution is 7.10. The summed E-state index contributed by atoms with van der Waals surface area (Å²) in [4.78, 5) is 27.3. The maximum absolute atomic E-state index is 12.2. The van der Waals surface area contributed by atoms with Crippen molar-refractivity contribution in [3.63, 3.8) is 0 Å². The number of nitrogens with zero attached hydrogens (tertiary/aromatic N) is 1. The second-order valence-corrected chi connectivity index (χ2v) is 6.62. The van der Waals surface area contributed by atoms with Crippen molar-refractivity contribution in [3.8, 4) is 0 Å². The lowest BCUT2D eigenvalue weighted by molar-refractivity contribution is -0.132. The van der Waals surface area contributed by atoms with E-state index in [-0.39, 0.29) is 30.3 Å². The second kappa shape index (κ2) is 7.94. The first-order valence-corrected chi connectivity index (χ1v) is 8.46. The van der Waals surface area contributed by atoms with Gasteiger partial charge in [0.15, 0.2) is 0 Å². The van der Waals surface area contributed by atoms with Crippen LogP contribution in [-0.2, 0) is 22.6 Å². The molecule has 1 atom stereocenters. The summed E-state index contributed by atoms with van der Waals surface area (Å²) in [7, 11) is 0. The highest BCUT2D eigenvalue weighted by Gasteiger charge is 2.23. The molecule has 1 unspecified atom stereocenters. The maximum atomic E-state index is 12.2. The third-order valence-corrected chi connectivity index (χ3v) is 5.20. The Hall–Kier alpha value is -1.11. The van der Waals surface area contributed by atoms with Crippen molar-refractivity contribution in [1.82, 2.24) is 15.5 Å². The number of hydrogen-bond acceptors (Lipinski definition) is 4. The van der Waals surface area contributed by atoms with Crippen LogP contribution in [0.5, 0.6) is 0 Å². The second-order valence-electron chi connectivity index (χ2n) is 5.62. The zero-order valence-electron chi connectivity index (χ0n) is 12.5. The average Bonchev–Trinajstić information content (AvgIpc) is 3.17. The van der Waals surface area contributed by atoms with Crippen LogP contribution in [0.25, 0.3) is 0 Å². The van der Waals surface area contributed by atoms with Crippen molar-refractivity contribution in [3.05, 3.63) is 21.9 Å². The molecule has 0 radical (unpaired) electrons. The summed E-state index contributed by atoms with van der Waals surface area (Å²) in [5, 5.41) is 8.11. The minimum atomic E-state index is -0.0662. The molecule has 0 spiro atoms. The summed E-state index contributed by atoms with van der Waals surface area (Å²) < 4.78 is 0. The monoisotopic (exact) mass is 343 g/mol. The van der Waals surface area contributed by atoms with Crippen LogP contribution >= 0.6 is 23.7 Å². The van der Waals surface area contributed by atoms with Crippen molar-refractivity contribution >= 4 is 35.6 Å². The van der Waals surface area contributed by atoms with Crippen LogP contribution in [0.3, 0.4) is 0 Å². The van der Waals surface area contributed by atoms with Gasteiger partial charge in [0.25, 0.3) is 0 Å². The molecule has 2 aliphatic heterocycles. The summed E-state index contributed by atoms with van der Waals surface area (Å²) in [6.07, 6.45) is 3.29. The highest BCUT2D eigenvalue weighted by Crippen LogP contribution is 2.24. The fourth-order valence-electron chi connectivity index (χ4n) is 2.94. The molecule has 0 bridgehead atoms. The van der Waals surface area contributed by atoms with Gasteiger partial charge in [0.05, 0.1) is 6.04 Å². The first-order chi connectivity index (χ1) is 10.2. The van der Waals surface area contributed by atoms with Gasteiger partial charge in [-0.1, -0.05) is 0 Å². The van der Waals surface area contributed by atoms with Crippen LogP contribution in [0.2, 0.25) is 0 Å². The first kappa shape index (κ1) is 17.2. The minimum Gasteiger partial charge on any atom is -0.354 e. The van der Waals surface area contributed by atoms with E-state index in [1.54, 1.807) is 11.3 Å². The van der Waals surface area contributed by atoms with Crippen LogP contribution in [0, 0.1) is 0 Å². The van der Waals surface area contributed by atoms with Gasteiger partial charge in [0, 0.05) is 30.9 Å². The molecule has 7 heteroatoms. The number of fused-ring (bicyclic) bond motifs is 1. The fraction of sp³-hybridized carbons (Fsp3) is 0.600. The van der Waals surface area contributed by atoms with Crippen LogP contribution in [0.1, 0.15) is 29.7 Å². The summed E-state index contributed by atoms with van der Waals surface area (Å²) in [5.74, 6) is 0.158. The van der Waals surface area contributed by atoms with Gasteiger partial charge in [0.1, 0.15) is 0 Å². The van der Waals surface area contributed by atoms with Gasteiger partial charge in [-0.2, -0.15) is 0 Å². The Morgan fingerprint density at radius 3 is 3.09 bits per heavy atom. The van der Waals surface area contributed by atoms with E-state index in [0.717, 1.165) is 38.9 Å². The molecule has 1 aromatic rings. The van der Waals surface area contributed by atoms with E-state index in [9.17, 15) is 9.59 Å². The molecule has 22 heavy (non-hydrogen) atoms. The van der Waals surface area contributed by atoms with Crippen molar-refractivity contribution in [1.29, 1.82) is 0 Å². The van der Waals surface area contributed by atoms with Crippen molar-refractivity contribution in [2.45, 2.75) is 38.3 Å². The van der Waals surface area contributed by atoms with Crippen LogP contribution in [0.4, 0.5) is 0 Å². The predicted octanol–water partition coefficient (Wildman–Crippen LogP) is 1.31. The topological polar surface area (TPSA) is 61.4 Å². The van der Waals surface area contributed by atoms with Crippen LogP contribution < -0.4 is 10.6 Å². The lowest BCUT2D eigenvalue weighted by atomic mass is 10.1. The third-order valence-electron chi connectivity index (χ3n) is 4.18. The van der Waals surface area contributed by atoms with E-state index >= 15 is 0 Å². The number of rotatable bonds is 4. The summed E-state index contributed by atoms with van der Waals surface area (Å²) >= 11 is 1.77. The normalized spacial score (nSPS) is 20.2. The lowest BCUT2D eigenvalue weighted by Crippen LogP contribution is -2.42. The number of carbonyl (C=O) groups is 2. The SMILES string of the molecule is Cl.O=C(NCCC(=O)N1CCc2sccc2C1)C1CCCN1. The van der Waals surface area contributed by atoms with E-state index in [4.69, 9.17) is 0 Å². The Morgan fingerprint density at radius 2 is 2.32 bits per heavy atom. The van der Waals surface area contributed by atoms with Crippen molar-refractivity contribution in [2.75, 3.05) is 19.6 Å². The quantitative estimate of drug-likeness (QED) is 0.866. The Bertz CT molecular complexity index is 529. The van der Waals surface area contributed by atoms with E-state index in [2.05, 4.69) is 22.1 Å². The van der Waals surface area contributed by atoms with E-state index < -0.39 is 0 Å². The zero-order valence-corrected chi connectivity index (χ0v) is 14.1. The standard InChI is InChI=1S/C15H21N3O2S.ClH/c19-14(3-7-17-15(20)12-2-1-6-16-12)18-8-4-13-11(10-18)5-9-21-13;/h5,9,12,16H,1-4,6-8,10H2,(H,17,20);1H. The Balaban J connectivity index is 0.00000176. The first-order valence-electron chi connectivity index (χ1n) is 7.58. The molecular formula is C15H22ClN3O2S. The van der Waals surface area contributed by atoms with Gasteiger partial charge in [-0.15, -0.1) is 23.7 Å². The summed E-state index contributed by atoms with van der Waals surface area (Å²) in [6.45, 7) is 2.86. The molecule has 0 aliphatic carbocycles. The number of amides is 2. The summed E-state index contributed by atoms with van der Waals surface area (Å²) in [6, 6.07) is 2.04. The van der Waals surface area contributed by atoms with Gasteiger partial charge in [-0.05, 0) is 42.8 Å². The van der Waals surface area contributed by atoms with Crippen LogP contribution in [0.15, 0.2) is 11.4 Å². The maximum Gasteiger partial charge on any atom is 0.237 e. The fourth-order valence-corrected chi connectivity index (χ4v) is 3.83. The molecule has 0 saturated carbocycles. The Morgan fingerprint density at radius 1 is 1.45 bits per heavy atom. The smallest absolute Gasteiger partial charge is 0.237 e. The molecule has 2 aliphatic rings. The molecule has 122 valence electrons. The molecule has 3 rings (SSSR count). The van der Waals surface area contributed by atoms with Gasteiger partial charge < -0.3 is 15.5 Å². The van der Waals surface area contributed by atoms with E-state index in [1.807, 2.05) is 4.90 Å². The number of hydrogen-bond donors (Lipinski definition) is 2. The molecule has 1 aromatic heterocycles. The number of carbonyl (C=O) groups excluding carboxylic acids is 2. The minimum absolute atomic E-state index is 0. The molecule has 2 amide bonds. The van der Waals surface area contributed by atoms with Crippen LogP contribution in [-0.4, -0.2) is 42.4 Å². The molecule has 5 nitrogen and oxygen atoms in total. The predicted molar refractivity (Wildman–Crippen MR) is 89.3 cm³/mol. The lowest BCUT2D eigenvalue weighted by Gasteiger charge is -2.27. The van der Waals surface area contributed by atoms with E-state index in [0.29, 0.717) is 13.0 Å². The molecule has 1 saturated heterocycles. The number of thiophene rings is 1. The molecule has 3 heterocycles. The number of halogens is 1. The van der Waals surface area contributed by atoms with Gasteiger partial charge in [-0.25, -0.2) is 0 Å². The average molecular weight is 344 g/mol. The van der Waals surface area contributed by atoms with Gasteiger partial charge >= 0.3 is 0 Å². The largest absolute Gasteiger partial charge is 0.354 e. The molecule has 0 aromatic carbocycles. The van der Waals surface area contributed by atoms with Crippen molar-refractivity contribution in [2.24, 2.45) is 0 Å². The zero-order chi connectivity index (χ0) is 14.7. The van der Waals surface area contributed by atoms with Gasteiger partial charge in [0.2, 0.25) is 11.8 Å². The van der Waals surface area contributed by atoms with E-state index in [1.165, 1.54) is 10.4 Å². The summed E-state index contributed by atoms with van der Waals surface area (Å²) in [5.41, 5.74) is 1.28. The Labute approximate surface area is 140 Å².